The van der Waals surface area contributed by atoms with Crippen LogP contribution in [0.25, 0.3) is 0 Å². The molecule has 0 atom stereocenters. The summed E-state index contributed by atoms with van der Waals surface area (Å²) >= 11 is 0. The molecule has 8 nitrogen and oxygen atoms in total. The number of ether oxygens (including phenoxy) is 1. The molecule has 0 bridgehead atoms. The first-order valence-electron chi connectivity index (χ1n) is 11.8. The highest BCUT2D eigenvalue weighted by Crippen LogP contribution is 2.16. The number of carboxylic acid groups (broad SMARTS) is 1. The Balaban J connectivity index is 0.000000762. The molecule has 2 N–H and O–H groups in total. The standard InChI is InChI=1S/C22H35N3O3.C2HF3O2/c1-4-5-16-28-20-8-6-19(7-9-20)22(27)25(17-18(2)3)13-10-21(26)24-14-11-23-12-15-24;3-2(4,5)1(6)7/h6-9,18,23H,4-5,10-17H2,1-3H3;(H,6,7). The van der Waals surface area contributed by atoms with Gasteiger partial charge in [-0.25, -0.2) is 4.79 Å². The van der Waals surface area contributed by atoms with E-state index in [1.165, 1.54) is 0 Å². The Kier molecular flexibility index (Phi) is 13.1. The predicted molar refractivity (Wildman–Crippen MR) is 125 cm³/mol. The van der Waals surface area contributed by atoms with Crippen molar-refractivity contribution in [3.05, 3.63) is 29.8 Å². The number of rotatable bonds is 10. The fraction of sp³-hybridized carbons (Fsp3) is 0.625. The number of hydrogen-bond donors (Lipinski definition) is 2. The molecule has 0 radical (unpaired) electrons. The smallest absolute Gasteiger partial charge is 0.490 e. The van der Waals surface area contributed by atoms with Gasteiger partial charge in [0.05, 0.1) is 6.61 Å². The second-order valence-corrected chi connectivity index (χ2v) is 8.56. The van der Waals surface area contributed by atoms with E-state index < -0.39 is 12.1 Å². The quantitative estimate of drug-likeness (QED) is 0.475. The van der Waals surface area contributed by atoms with Crippen molar-refractivity contribution in [3.8, 4) is 5.75 Å². The van der Waals surface area contributed by atoms with Crippen LogP contribution in [0.5, 0.6) is 5.75 Å². The monoisotopic (exact) mass is 503 g/mol. The third-order valence-corrected chi connectivity index (χ3v) is 5.05. The fourth-order valence-electron chi connectivity index (χ4n) is 3.23. The number of piperazine rings is 1. The van der Waals surface area contributed by atoms with Crippen LogP contribution in [0.3, 0.4) is 0 Å². The van der Waals surface area contributed by atoms with Gasteiger partial charge < -0.3 is 25.0 Å². The summed E-state index contributed by atoms with van der Waals surface area (Å²) in [4.78, 5) is 38.0. The van der Waals surface area contributed by atoms with E-state index in [0.717, 1.165) is 44.8 Å². The highest BCUT2D eigenvalue weighted by molar-refractivity contribution is 5.94. The highest BCUT2D eigenvalue weighted by atomic mass is 19.4. The van der Waals surface area contributed by atoms with Crippen molar-refractivity contribution in [1.29, 1.82) is 0 Å². The number of aliphatic carboxylic acids is 1. The number of hydrogen-bond acceptors (Lipinski definition) is 5. The van der Waals surface area contributed by atoms with Crippen molar-refractivity contribution in [3.63, 3.8) is 0 Å². The van der Waals surface area contributed by atoms with E-state index in [9.17, 15) is 22.8 Å². The highest BCUT2D eigenvalue weighted by Gasteiger charge is 2.38. The van der Waals surface area contributed by atoms with E-state index in [2.05, 4.69) is 26.1 Å². The summed E-state index contributed by atoms with van der Waals surface area (Å²) in [7, 11) is 0. The minimum atomic E-state index is -5.08. The molecular weight excluding hydrogens is 467 g/mol. The summed E-state index contributed by atoms with van der Waals surface area (Å²) < 4.78 is 37.4. The number of benzene rings is 1. The molecule has 0 spiro atoms. The van der Waals surface area contributed by atoms with Crippen LogP contribution in [0.4, 0.5) is 13.2 Å². The molecule has 198 valence electrons. The third-order valence-electron chi connectivity index (χ3n) is 5.05. The largest absolute Gasteiger partial charge is 0.494 e. The van der Waals surface area contributed by atoms with E-state index in [1.54, 1.807) is 4.90 Å². The lowest BCUT2D eigenvalue weighted by atomic mass is 10.1. The third kappa shape index (κ3) is 11.9. The number of halogens is 3. The van der Waals surface area contributed by atoms with Crippen LogP contribution < -0.4 is 10.1 Å². The predicted octanol–water partition coefficient (Wildman–Crippen LogP) is 3.42. The minimum absolute atomic E-state index is 0.0260. The molecule has 0 aliphatic carbocycles. The van der Waals surface area contributed by atoms with Crippen LogP contribution >= 0.6 is 0 Å². The Morgan fingerprint density at radius 3 is 2.20 bits per heavy atom. The van der Waals surface area contributed by atoms with Crippen LogP contribution in [0, 0.1) is 5.92 Å². The first-order valence-corrected chi connectivity index (χ1v) is 11.8. The summed E-state index contributed by atoms with van der Waals surface area (Å²) in [6, 6.07) is 7.33. The molecule has 35 heavy (non-hydrogen) atoms. The van der Waals surface area contributed by atoms with Crippen LogP contribution in [0.1, 0.15) is 50.4 Å². The maximum Gasteiger partial charge on any atom is 0.490 e. The molecule has 1 aliphatic rings. The zero-order valence-corrected chi connectivity index (χ0v) is 20.6. The van der Waals surface area contributed by atoms with E-state index in [-0.39, 0.29) is 11.8 Å². The molecule has 2 amide bonds. The summed E-state index contributed by atoms with van der Waals surface area (Å²) in [5.41, 5.74) is 0.637. The number of carbonyl (C=O) groups excluding carboxylic acids is 2. The lowest BCUT2D eigenvalue weighted by Crippen LogP contribution is -2.47. The van der Waals surface area contributed by atoms with Crippen molar-refractivity contribution in [1.82, 2.24) is 15.1 Å². The lowest BCUT2D eigenvalue weighted by Gasteiger charge is -2.29. The molecule has 2 rings (SSSR count). The van der Waals surface area contributed by atoms with E-state index in [0.29, 0.717) is 37.6 Å². The van der Waals surface area contributed by atoms with Crippen LogP contribution in [-0.2, 0) is 9.59 Å². The molecule has 1 aromatic rings. The van der Waals surface area contributed by atoms with Crippen molar-refractivity contribution >= 4 is 17.8 Å². The van der Waals surface area contributed by atoms with E-state index in [4.69, 9.17) is 14.6 Å². The number of carboxylic acids is 1. The maximum absolute atomic E-state index is 13.0. The van der Waals surface area contributed by atoms with Gasteiger partial charge in [-0.05, 0) is 36.6 Å². The first-order chi connectivity index (χ1) is 16.5. The van der Waals surface area contributed by atoms with E-state index in [1.807, 2.05) is 29.2 Å². The van der Waals surface area contributed by atoms with Gasteiger partial charge in [0.25, 0.3) is 5.91 Å². The summed E-state index contributed by atoms with van der Waals surface area (Å²) in [5, 5.41) is 10.4. The molecule has 1 saturated heterocycles. The molecule has 0 aromatic heterocycles. The van der Waals surface area contributed by atoms with Gasteiger partial charge in [0.15, 0.2) is 0 Å². The molecule has 1 aromatic carbocycles. The van der Waals surface area contributed by atoms with Gasteiger partial charge in [0.2, 0.25) is 5.91 Å². The summed E-state index contributed by atoms with van der Waals surface area (Å²) in [6.07, 6.45) is -2.60. The zero-order valence-electron chi connectivity index (χ0n) is 20.6. The topological polar surface area (TPSA) is 99.2 Å². The van der Waals surface area contributed by atoms with Gasteiger partial charge in [0.1, 0.15) is 5.75 Å². The Labute approximate surface area is 204 Å². The van der Waals surface area contributed by atoms with Crippen LogP contribution in [-0.4, -0.2) is 84.7 Å². The van der Waals surface area contributed by atoms with Gasteiger partial charge in [-0.1, -0.05) is 27.2 Å². The average Bonchev–Trinajstić information content (AvgIpc) is 2.82. The number of nitrogens with zero attached hydrogens (tertiary/aromatic N) is 2. The summed E-state index contributed by atoms with van der Waals surface area (Å²) in [5.74, 6) is -1.53. The number of unbranched alkanes of at least 4 members (excludes halogenated alkanes) is 1. The van der Waals surface area contributed by atoms with Crippen molar-refractivity contribution < 1.29 is 37.4 Å². The molecule has 0 saturated carbocycles. The van der Waals surface area contributed by atoms with Crippen molar-refractivity contribution in [2.75, 3.05) is 45.9 Å². The van der Waals surface area contributed by atoms with Crippen LogP contribution in [0.2, 0.25) is 0 Å². The molecule has 0 unspecified atom stereocenters. The second kappa shape index (κ2) is 15.2. The maximum atomic E-state index is 13.0. The summed E-state index contributed by atoms with van der Waals surface area (Å²) in [6.45, 7) is 11.3. The van der Waals surface area contributed by atoms with Crippen molar-refractivity contribution in [2.24, 2.45) is 5.92 Å². The van der Waals surface area contributed by atoms with Gasteiger partial charge >= 0.3 is 12.1 Å². The average molecular weight is 504 g/mol. The first kappa shape index (κ1) is 30.2. The Morgan fingerprint density at radius 1 is 1.14 bits per heavy atom. The molecule has 1 aliphatic heterocycles. The van der Waals surface area contributed by atoms with Gasteiger partial charge in [0, 0.05) is 51.3 Å². The van der Waals surface area contributed by atoms with Gasteiger partial charge in [-0.15, -0.1) is 0 Å². The van der Waals surface area contributed by atoms with E-state index >= 15 is 0 Å². The Bertz CT molecular complexity index is 795. The number of amides is 2. The molecular formula is C24H36F3N3O5. The molecule has 11 heteroatoms. The number of alkyl halides is 3. The number of nitrogens with one attached hydrogen (secondary N) is 1. The van der Waals surface area contributed by atoms with Crippen molar-refractivity contribution in [2.45, 2.75) is 46.2 Å². The molecule has 1 heterocycles. The fourth-order valence-corrected chi connectivity index (χ4v) is 3.23. The SMILES string of the molecule is CCCCOc1ccc(C(=O)N(CCC(=O)N2CCNCC2)CC(C)C)cc1.O=C(O)C(F)(F)F. The Hall–Kier alpha value is -2.82. The Morgan fingerprint density at radius 2 is 1.71 bits per heavy atom. The normalized spacial score (nSPS) is 13.6. The second-order valence-electron chi connectivity index (χ2n) is 8.56. The molecule has 1 fully saturated rings. The van der Waals surface area contributed by atoms with Crippen LogP contribution in [0.15, 0.2) is 24.3 Å². The van der Waals surface area contributed by atoms with Gasteiger partial charge in [-0.2, -0.15) is 13.2 Å². The minimum Gasteiger partial charge on any atom is -0.494 e. The van der Waals surface area contributed by atoms with Gasteiger partial charge in [-0.3, -0.25) is 9.59 Å². The lowest BCUT2D eigenvalue weighted by molar-refractivity contribution is -0.192. The number of carbonyl (C=O) groups is 3. The zero-order chi connectivity index (χ0) is 26.4.